The average Bonchev–Trinajstić information content (AvgIpc) is 2.96. The molecule has 0 atom stereocenters. The number of benzene rings is 2. The second kappa shape index (κ2) is 5.83. The molecule has 0 amide bonds. The van der Waals surface area contributed by atoms with Crippen LogP contribution in [0.25, 0.3) is 11.3 Å². The average molecular weight is 281 g/mol. The Hall–Kier alpha value is -2.55. The predicted molar refractivity (Wildman–Crippen MR) is 82.6 cm³/mol. The first kappa shape index (κ1) is 13.4. The standard InChI is InChI=1S/C18H16FNO/c1-13-3-2-4-14(11-13)18-10-9-17(21-18)12-20-16-7-5-15(19)6-8-16/h2-11,20H,12H2,1H3. The van der Waals surface area contributed by atoms with E-state index in [2.05, 4.69) is 24.4 Å². The Labute approximate surface area is 123 Å². The fourth-order valence-electron chi connectivity index (χ4n) is 2.18. The van der Waals surface area contributed by atoms with E-state index in [0.717, 1.165) is 22.8 Å². The molecule has 21 heavy (non-hydrogen) atoms. The molecule has 0 spiro atoms. The summed E-state index contributed by atoms with van der Waals surface area (Å²) < 4.78 is 18.7. The molecule has 0 aliphatic rings. The Kier molecular flexibility index (Phi) is 3.73. The van der Waals surface area contributed by atoms with Crippen molar-refractivity contribution < 1.29 is 8.81 Å². The van der Waals surface area contributed by atoms with Crippen molar-refractivity contribution in [2.45, 2.75) is 13.5 Å². The van der Waals surface area contributed by atoms with Gasteiger partial charge in [0.15, 0.2) is 0 Å². The van der Waals surface area contributed by atoms with Gasteiger partial charge in [-0.25, -0.2) is 4.39 Å². The monoisotopic (exact) mass is 281 g/mol. The van der Waals surface area contributed by atoms with Crippen LogP contribution in [0.1, 0.15) is 11.3 Å². The number of aryl methyl sites for hydroxylation is 1. The van der Waals surface area contributed by atoms with E-state index in [9.17, 15) is 4.39 Å². The molecule has 1 N–H and O–H groups in total. The summed E-state index contributed by atoms with van der Waals surface area (Å²) in [6.45, 7) is 2.63. The number of hydrogen-bond acceptors (Lipinski definition) is 2. The summed E-state index contributed by atoms with van der Waals surface area (Å²) in [6, 6.07) is 18.4. The van der Waals surface area contributed by atoms with Gasteiger partial charge in [0.1, 0.15) is 17.3 Å². The van der Waals surface area contributed by atoms with Crippen molar-refractivity contribution in [1.82, 2.24) is 0 Å². The van der Waals surface area contributed by atoms with Gasteiger partial charge in [0, 0.05) is 11.3 Å². The lowest BCUT2D eigenvalue weighted by Crippen LogP contribution is -1.97. The summed E-state index contributed by atoms with van der Waals surface area (Å²) in [5, 5.41) is 3.20. The molecule has 1 heterocycles. The molecular weight excluding hydrogens is 265 g/mol. The van der Waals surface area contributed by atoms with Crippen molar-refractivity contribution in [2.75, 3.05) is 5.32 Å². The van der Waals surface area contributed by atoms with Crippen LogP contribution >= 0.6 is 0 Å². The van der Waals surface area contributed by atoms with Crippen molar-refractivity contribution in [3.05, 3.63) is 77.8 Å². The van der Waals surface area contributed by atoms with Crippen molar-refractivity contribution in [1.29, 1.82) is 0 Å². The van der Waals surface area contributed by atoms with Crippen molar-refractivity contribution in [2.24, 2.45) is 0 Å². The Morgan fingerprint density at radius 2 is 1.81 bits per heavy atom. The molecule has 0 saturated carbocycles. The van der Waals surface area contributed by atoms with Gasteiger partial charge in [-0.05, 0) is 49.4 Å². The first-order valence-electron chi connectivity index (χ1n) is 6.86. The van der Waals surface area contributed by atoms with Crippen LogP contribution in [0.3, 0.4) is 0 Å². The van der Waals surface area contributed by atoms with Crippen LogP contribution in [0, 0.1) is 12.7 Å². The van der Waals surface area contributed by atoms with E-state index in [1.54, 1.807) is 12.1 Å². The van der Waals surface area contributed by atoms with Crippen molar-refractivity contribution in [3.8, 4) is 11.3 Å². The molecule has 2 nitrogen and oxygen atoms in total. The molecule has 0 radical (unpaired) electrons. The molecule has 3 aromatic rings. The molecule has 0 unspecified atom stereocenters. The third-order valence-electron chi connectivity index (χ3n) is 3.28. The first-order valence-corrected chi connectivity index (χ1v) is 6.86. The quantitative estimate of drug-likeness (QED) is 0.727. The SMILES string of the molecule is Cc1cccc(-c2ccc(CNc3ccc(F)cc3)o2)c1. The Balaban J connectivity index is 1.69. The normalized spacial score (nSPS) is 10.6. The predicted octanol–water partition coefficient (Wildman–Crippen LogP) is 5.01. The zero-order chi connectivity index (χ0) is 14.7. The summed E-state index contributed by atoms with van der Waals surface area (Å²) >= 11 is 0. The van der Waals surface area contributed by atoms with Crippen LogP contribution in [-0.4, -0.2) is 0 Å². The highest BCUT2D eigenvalue weighted by Gasteiger charge is 2.05. The van der Waals surface area contributed by atoms with Gasteiger partial charge in [0.2, 0.25) is 0 Å². The molecule has 0 bridgehead atoms. The van der Waals surface area contributed by atoms with Gasteiger partial charge in [0.25, 0.3) is 0 Å². The smallest absolute Gasteiger partial charge is 0.134 e. The second-order valence-electron chi connectivity index (χ2n) is 5.00. The fourth-order valence-corrected chi connectivity index (χ4v) is 2.18. The van der Waals surface area contributed by atoms with Gasteiger partial charge in [-0.2, -0.15) is 0 Å². The molecular formula is C18H16FNO. The highest BCUT2D eigenvalue weighted by molar-refractivity contribution is 5.58. The summed E-state index contributed by atoms with van der Waals surface area (Å²) in [5.74, 6) is 1.46. The minimum atomic E-state index is -0.236. The highest BCUT2D eigenvalue weighted by atomic mass is 19.1. The number of halogens is 1. The second-order valence-corrected chi connectivity index (χ2v) is 5.00. The molecule has 0 saturated heterocycles. The molecule has 106 valence electrons. The summed E-state index contributed by atoms with van der Waals surface area (Å²) in [6.07, 6.45) is 0. The van der Waals surface area contributed by atoms with E-state index < -0.39 is 0 Å². The Morgan fingerprint density at radius 1 is 1.00 bits per heavy atom. The lowest BCUT2D eigenvalue weighted by molar-refractivity contribution is 0.531. The lowest BCUT2D eigenvalue weighted by Gasteiger charge is -2.04. The number of hydrogen-bond donors (Lipinski definition) is 1. The van der Waals surface area contributed by atoms with E-state index in [-0.39, 0.29) is 5.82 Å². The Bertz CT molecular complexity index is 731. The van der Waals surface area contributed by atoms with E-state index >= 15 is 0 Å². The van der Waals surface area contributed by atoms with Crippen molar-refractivity contribution >= 4 is 5.69 Å². The zero-order valence-corrected chi connectivity index (χ0v) is 11.8. The molecule has 3 rings (SSSR count). The molecule has 0 fully saturated rings. The Morgan fingerprint density at radius 3 is 2.57 bits per heavy atom. The topological polar surface area (TPSA) is 25.2 Å². The maximum Gasteiger partial charge on any atom is 0.134 e. The van der Waals surface area contributed by atoms with Gasteiger partial charge in [-0.15, -0.1) is 0 Å². The number of furan rings is 1. The molecule has 3 heteroatoms. The molecule has 1 aromatic heterocycles. The molecule has 0 aliphatic carbocycles. The van der Waals surface area contributed by atoms with Crippen LogP contribution in [0.15, 0.2) is 65.1 Å². The number of nitrogens with one attached hydrogen (secondary N) is 1. The van der Waals surface area contributed by atoms with Crippen LogP contribution in [0.4, 0.5) is 10.1 Å². The van der Waals surface area contributed by atoms with Gasteiger partial charge in [-0.3, -0.25) is 0 Å². The van der Waals surface area contributed by atoms with Crippen LogP contribution in [0.2, 0.25) is 0 Å². The summed E-state index contributed by atoms with van der Waals surface area (Å²) in [7, 11) is 0. The largest absolute Gasteiger partial charge is 0.459 e. The first-order chi connectivity index (χ1) is 10.2. The van der Waals surface area contributed by atoms with Gasteiger partial charge in [0.05, 0.1) is 6.54 Å². The van der Waals surface area contributed by atoms with Gasteiger partial charge >= 0.3 is 0 Å². The van der Waals surface area contributed by atoms with E-state index in [1.807, 2.05) is 24.3 Å². The third kappa shape index (κ3) is 3.31. The zero-order valence-electron chi connectivity index (χ0n) is 11.8. The van der Waals surface area contributed by atoms with Crippen molar-refractivity contribution in [3.63, 3.8) is 0 Å². The minimum absolute atomic E-state index is 0.236. The fraction of sp³-hybridized carbons (Fsp3) is 0.111. The highest BCUT2D eigenvalue weighted by Crippen LogP contribution is 2.23. The lowest BCUT2D eigenvalue weighted by atomic mass is 10.1. The van der Waals surface area contributed by atoms with E-state index in [1.165, 1.54) is 17.7 Å². The van der Waals surface area contributed by atoms with Crippen LogP contribution < -0.4 is 5.32 Å². The molecule has 0 aliphatic heterocycles. The summed E-state index contributed by atoms with van der Waals surface area (Å²) in [5.41, 5.74) is 3.14. The van der Waals surface area contributed by atoms with E-state index in [4.69, 9.17) is 4.42 Å². The minimum Gasteiger partial charge on any atom is -0.459 e. The third-order valence-corrected chi connectivity index (χ3v) is 3.28. The van der Waals surface area contributed by atoms with Crippen LogP contribution in [0.5, 0.6) is 0 Å². The maximum atomic E-state index is 12.8. The number of rotatable bonds is 4. The summed E-state index contributed by atoms with van der Waals surface area (Å²) in [4.78, 5) is 0. The maximum absolute atomic E-state index is 12.8. The van der Waals surface area contributed by atoms with E-state index in [0.29, 0.717) is 6.54 Å². The van der Waals surface area contributed by atoms with Crippen LogP contribution in [-0.2, 0) is 6.54 Å². The number of anilines is 1. The van der Waals surface area contributed by atoms with Gasteiger partial charge in [-0.1, -0.05) is 23.8 Å². The van der Waals surface area contributed by atoms with Gasteiger partial charge < -0.3 is 9.73 Å². The molecule has 2 aromatic carbocycles.